The van der Waals surface area contributed by atoms with Crippen molar-refractivity contribution >= 4 is 51.4 Å². The Morgan fingerprint density at radius 3 is 2.48 bits per heavy atom. The van der Waals surface area contributed by atoms with Gasteiger partial charge in [-0.3, -0.25) is 14.8 Å². The van der Waals surface area contributed by atoms with Gasteiger partial charge >= 0.3 is 0 Å². The molecule has 1 aromatic carbocycles. The van der Waals surface area contributed by atoms with Crippen LogP contribution in [0.25, 0.3) is 10.9 Å². The van der Waals surface area contributed by atoms with E-state index in [0.29, 0.717) is 32.3 Å². The summed E-state index contributed by atoms with van der Waals surface area (Å²) in [6.45, 7) is 5.82. The van der Waals surface area contributed by atoms with Gasteiger partial charge in [0.25, 0.3) is 5.91 Å². The van der Waals surface area contributed by atoms with Crippen molar-refractivity contribution in [2.45, 2.75) is 20.8 Å². The minimum Gasteiger partial charge on any atom is -0.319 e. The second-order valence-corrected chi connectivity index (χ2v) is 4.99. The number of amides is 1. The maximum atomic E-state index is 12.2. The number of carbonyl (C=O) groups excluding carboxylic acids is 1. The predicted molar refractivity (Wildman–Crippen MR) is 99.9 cm³/mol. The van der Waals surface area contributed by atoms with Gasteiger partial charge < -0.3 is 5.32 Å². The van der Waals surface area contributed by atoms with E-state index in [1.165, 1.54) is 0 Å². The van der Waals surface area contributed by atoms with E-state index in [1.54, 1.807) is 43.6 Å². The second-order valence-electron chi connectivity index (χ2n) is 4.17. The summed E-state index contributed by atoms with van der Waals surface area (Å²) in [5.41, 5.74) is 1.40. The molecule has 6 heteroatoms. The molecule has 1 heterocycles. The molecule has 23 heavy (non-hydrogen) atoms. The number of pyridine rings is 1. The van der Waals surface area contributed by atoms with Crippen molar-refractivity contribution in [3.8, 4) is 0 Å². The first-order valence-electron chi connectivity index (χ1n) is 7.22. The van der Waals surface area contributed by atoms with Crippen molar-refractivity contribution in [2.24, 2.45) is 4.99 Å². The van der Waals surface area contributed by atoms with Gasteiger partial charge in [-0.1, -0.05) is 43.1 Å². The summed E-state index contributed by atoms with van der Waals surface area (Å²) in [7, 11) is 1.56. The van der Waals surface area contributed by atoms with Gasteiger partial charge in [-0.05, 0) is 31.2 Å². The lowest BCUT2D eigenvalue weighted by Gasteiger charge is -2.10. The monoisotopic (exact) mass is 351 g/mol. The SMILES string of the molecule is C/C=C\C(=NC)C(=O)Nc1ccc(Cl)c2c(Cl)ccnc12.CC. The number of nitrogens with zero attached hydrogens (tertiary/aromatic N) is 2. The van der Waals surface area contributed by atoms with E-state index >= 15 is 0 Å². The van der Waals surface area contributed by atoms with E-state index in [2.05, 4.69) is 15.3 Å². The van der Waals surface area contributed by atoms with Crippen molar-refractivity contribution < 1.29 is 4.79 Å². The third kappa shape index (κ3) is 4.53. The molecule has 0 atom stereocenters. The summed E-state index contributed by atoms with van der Waals surface area (Å²) in [6.07, 6.45) is 4.95. The maximum Gasteiger partial charge on any atom is 0.273 e. The lowest BCUT2D eigenvalue weighted by molar-refractivity contribution is -0.110. The molecule has 0 radical (unpaired) electrons. The average molecular weight is 352 g/mol. The molecule has 0 spiro atoms. The van der Waals surface area contributed by atoms with Crippen LogP contribution in [-0.2, 0) is 4.79 Å². The van der Waals surface area contributed by atoms with Crippen molar-refractivity contribution in [2.75, 3.05) is 12.4 Å². The van der Waals surface area contributed by atoms with E-state index in [9.17, 15) is 4.79 Å². The molecule has 0 saturated carbocycles. The highest BCUT2D eigenvalue weighted by atomic mass is 35.5. The number of rotatable bonds is 3. The zero-order valence-electron chi connectivity index (χ0n) is 13.5. The molecule has 0 aliphatic rings. The van der Waals surface area contributed by atoms with E-state index in [-0.39, 0.29) is 5.91 Å². The average Bonchev–Trinajstić information content (AvgIpc) is 2.57. The first kappa shape index (κ1) is 19.1. The first-order chi connectivity index (χ1) is 11.1. The zero-order chi connectivity index (χ0) is 17.4. The molecule has 2 aromatic rings. The predicted octanol–water partition coefficient (Wildman–Crippen LogP) is 5.15. The van der Waals surface area contributed by atoms with Gasteiger partial charge in [0.1, 0.15) is 5.71 Å². The quantitative estimate of drug-likeness (QED) is 0.777. The van der Waals surface area contributed by atoms with Gasteiger partial charge in [-0.25, -0.2) is 0 Å². The van der Waals surface area contributed by atoms with Crippen LogP contribution in [-0.4, -0.2) is 23.7 Å². The number of allylic oxidation sites excluding steroid dienone is 1. The van der Waals surface area contributed by atoms with Crippen LogP contribution in [0.15, 0.2) is 41.5 Å². The third-order valence-electron chi connectivity index (χ3n) is 2.84. The summed E-state index contributed by atoms with van der Waals surface area (Å²) >= 11 is 12.3. The van der Waals surface area contributed by atoms with E-state index < -0.39 is 0 Å². The van der Waals surface area contributed by atoms with Gasteiger partial charge in [-0.2, -0.15) is 0 Å². The zero-order valence-corrected chi connectivity index (χ0v) is 15.0. The van der Waals surface area contributed by atoms with Crippen LogP contribution >= 0.6 is 23.2 Å². The molecule has 0 saturated heterocycles. The topological polar surface area (TPSA) is 54.4 Å². The number of anilines is 1. The van der Waals surface area contributed by atoms with Crippen LogP contribution < -0.4 is 5.32 Å². The van der Waals surface area contributed by atoms with Crippen molar-refractivity contribution in [1.29, 1.82) is 0 Å². The summed E-state index contributed by atoms with van der Waals surface area (Å²) in [5.74, 6) is -0.319. The smallest absolute Gasteiger partial charge is 0.273 e. The van der Waals surface area contributed by atoms with E-state index in [1.807, 2.05) is 20.8 Å². The Balaban J connectivity index is 0.00000127. The lowest BCUT2D eigenvalue weighted by atomic mass is 10.2. The van der Waals surface area contributed by atoms with Gasteiger partial charge in [0, 0.05) is 18.6 Å². The van der Waals surface area contributed by atoms with Gasteiger partial charge in [0.15, 0.2) is 0 Å². The maximum absolute atomic E-state index is 12.2. The Hall–Kier alpha value is -1.91. The number of aromatic nitrogens is 1. The minimum absolute atomic E-state index is 0.319. The lowest BCUT2D eigenvalue weighted by Crippen LogP contribution is -2.21. The largest absolute Gasteiger partial charge is 0.319 e. The molecule has 0 unspecified atom stereocenters. The Bertz CT molecular complexity index is 747. The number of hydrogen-bond donors (Lipinski definition) is 1. The number of fused-ring (bicyclic) bond motifs is 1. The van der Waals surface area contributed by atoms with Gasteiger partial charge in [-0.15, -0.1) is 0 Å². The Morgan fingerprint density at radius 2 is 1.87 bits per heavy atom. The van der Waals surface area contributed by atoms with Crippen LogP contribution in [0.3, 0.4) is 0 Å². The molecule has 1 N–H and O–H groups in total. The third-order valence-corrected chi connectivity index (χ3v) is 3.47. The summed E-state index contributed by atoms with van der Waals surface area (Å²) < 4.78 is 0. The molecule has 1 amide bonds. The number of benzene rings is 1. The number of aliphatic imine (C=N–C) groups is 1. The van der Waals surface area contributed by atoms with Crippen LogP contribution in [0, 0.1) is 0 Å². The molecule has 0 bridgehead atoms. The fourth-order valence-electron chi connectivity index (χ4n) is 1.89. The van der Waals surface area contributed by atoms with Crippen molar-refractivity contribution in [3.05, 3.63) is 46.6 Å². The van der Waals surface area contributed by atoms with Crippen LogP contribution in [0.1, 0.15) is 20.8 Å². The molecule has 4 nitrogen and oxygen atoms in total. The summed E-state index contributed by atoms with van der Waals surface area (Å²) in [6, 6.07) is 5.01. The molecular weight excluding hydrogens is 333 g/mol. The highest BCUT2D eigenvalue weighted by molar-refractivity contribution is 6.48. The molecule has 2 rings (SSSR count). The van der Waals surface area contributed by atoms with Gasteiger partial charge in [0.2, 0.25) is 0 Å². The normalized spacial score (nSPS) is 11.3. The minimum atomic E-state index is -0.319. The number of hydrogen-bond acceptors (Lipinski definition) is 3. The van der Waals surface area contributed by atoms with Crippen molar-refractivity contribution in [1.82, 2.24) is 4.98 Å². The highest BCUT2D eigenvalue weighted by Gasteiger charge is 2.13. The molecule has 0 aliphatic carbocycles. The second kappa shape index (κ2) is 9.28. The molecule has 0 aliphatic heterocycles. The fourth-order valence-corrected chi connectivity index (χ4v) is 2.44. The standard InChI is InChI=1S/C15H13Cl2N3O.C2H6/c1-3-4-12(18-2)15(21)20-11-6-5-9(16)13-10(17)7-8-19-14(11)13;1-2/h3-8H,1-2H3,(H,20,21);1-2H3/b4-3-,18-12?;. The summed E-state index contributed by atoms with van der Waals surface area (Å²) in [4.78, 5) is 20.3. The van der Waals surface area contributed by atoms with Crippen LogP contribution in [0.5, 0.6) is 0 Å². The van der Waals surface area contributed by atoms with E-state index in [4.69, 9.17) is 23.2 Å². The molecule has 0 fully saturated rings. The number of carbonyl (C=O) groups is 1. The van der Waals surface area contributed by atoms with Crippen LogP contribution in [0.4, 0.5) is 5.69 Å². The van der Waals surface area contributed by atoms with Crippen LogP contribution in [0.2, 0.25) is 10.0 Å². The highest BCUT2D eigenvalue weighted by Crippen LogP contribution is 2.33. The van der Waals surface area contributed by atoms with Gasteiger partial charge in [0.05, 0.1) is 21.2 Å². The fraction of sp³-hybridized carbons (Fsp3) is 0.235. The molecular formula is C17H19Cl2N3O. The Labute approximate surface area is 146 Å². The van der Waals surface area contributed by atoms with Crippen molar-refractivity contribution in [3.63, 3.8) is 0 Å². The Morgan fingerprint density at radius 1 is 1.22 bits per heavy atom. The van der Waals surface area contributed by atoms with E-state index in [0.717, 1.165) is 0 Å². The Kier molecular flexibility index (Phi) is 7.72. The molecule has 122 valence electrons. The number of halogens is 2. The number of nitrogens with one attached hydrogen (secondary N) is 1. The summed E-state index contributed by atoms with van der Waals surface area (Å²) in [5, 5.41) is 4.36. The first-order valence-corrected chi connectivity index (χ1v) is 7.97. The molecule has 1 aromatic heterocycles.